The van der Waals surface area contributed by atoms with E-state index in [1.807, 2.05) is 24.3 Å². The second-order valence-corrected chi connectivity index (χ2v) is 9.58. The smallest absolute Gasteiger partial charge is 0.230 e. The summed E-state index contributed by atoms with van der Waals surface area (Å²) in [5, 5.41) is 14.5. The topological polar surface area (TPSA) is 71.2 Å². The molecule has 2 aliphatic rings. The number of halogens is 2. The molecule has 9 heteroatoms. The van der Waals surface area contributed by atoms with Crippen LogP contribution in [0.1, 0.15) is 55.3 Å². The highest BCUT2D eigenvalue weighted by Gasteiger charge is 2.28. The summed E-state index contributed by atoms with van der Waals surface area (Å²) in [6.45, 7) is 5.12. The number of benzene rings is 1. The number of rotatable bonds is 4. The van der Waals surface area contributed by atoms with Gasteiger partial charge in [-0.25, -0.2) is 0 Å². The minimum atomic E-state index is 0.0392. The number of piperidine rings is 1. The summed E-state index contributed by atoms with van der Waals surface area (Å²) >= 11 is 12.8. The van der Waals surface area contributed by atoms with Gasteiger partial charge in [0.15, 0.2) is 0 Å². The molecular formula is C23H26Cl2N6O. The minimum Gasteiger partial charge on any atom is -0.363 e. The van der Waals surface area contributed by atoms with Crippen molar-refractivity contribution in [2.24, 2.45) is 0 Å². The second kappa shape index (κ2) is 8.96. The molecule has 2 aliphatic heterocycles. The van der Waals surface area contributed by atoms with Gasteiger partial charge in [0, 0.05) is 22.5 Å². The zero-order valence-corrected chi connectivity index (χ0v) is 19.8. The predicted octanol–water partition coefficient (Wildman–Crippen LogP) is 5.16. The molecule has 0 aliphatic carbocycles. The fraction of sp³-hybridized carbons (Fsp3) is 0.478. The van der Waals surface area contributed by atoms with Gasteiger partial charge in [0.05, 0.1) is 17.4 Å². The van der Waals surface area contributed by atoms with Crippen LogP contribution in [0.25, 0.3) is 11.5 Å². The number of hydrogen-bond donors (Lipinski definition) is 0. The van der Waals surface area contributed by atoms with Gasteiger partial charge in [0.1, 0.15) is 5.69 Å². The third-order valence-electron chi connectivity index (χ3n) is 6.58. The first kappa shape index (κ1) is 21.6. The Morgan fingerprint density at radius 1 is 1.09 bits per heavy atom. The highest BCUT2D eigenvalue weighted by Crippen LogP contribution is 2.37. The van der Waals surface area contributed by atoms with Gasteiger partial charge in [-0.3, -0.25) is 0 Å². The van der Waals surface area contributed by atoms with Crippen LogP contribution < -0.4 is 4.90 Å². The number of fused-ring (bicyclic) bond motifs is 1. The molecule has 7 nitrogen and oxygen atoms in total. The van der Waals surface area contributed by atoms with E-state index in [2.05, 4.69) is 44.1 Å². The third kappa shape index (κ3) is 4.21. The van der Waals surface area contributed by atoms with E-state index < -0.39 is 0 Å². The predicted molar refractivity (Wildman–Crippen MR) is 125 cm³/mol. The first-order valence-electron chi connectivity index (χ1n) is 11.1. The van der Waals surface area contributed by atoms with Crippen molar-refractivity contribution >= 4 is 28.9 Å². The largest absolute Gasteiger partial charge is 0.363 e. The summed E-state index contributed by atoms with van der Waals surface area (Å²) in [5.74, 6) is 1.50. The zero-order chi connectivity index (χ0) is 22.2. The van der Waals surface area contributed by atoms with Gasteiger partial charge in [-0.1, -0.05) is 28.4 Å². The lowest BCUT2D eigenvalue weighted by atomic mass is 9.97. The lowest BCUT2D eigenvalue weighted by Gasteiger charge is -2.36. The Balaban J connectivity index is 1.44. The number of aryl methyl sites for hydroxylation is 1. The van der Waals surface area contributed by atoms with E-state index in [4.69, 9.17) is 27.7 Å². The van der Waals surface area contributed by atoms with Gasteiger partial charge in [-0.15, -0.1) is 5.10 Å². The highest BCUT2D eigenvalue weighted by atomic mass is 35.5. The summed E-state index contributed by atoms with van der Waals surface area (Å²) in [5.41, 5.74) is 3.64. The van der Waals surface area contributed by atoms with Crippen LogP contribution in [0.15, 0.2) is 28.8 Å². The first-order chi connectivity index (χ1) is 15.5. The molecule has 0 bridgehead atoms. The first-order valence-corrected chi connectivity index (χ1v) is 11.9. The molecule has 0 unspecified atom stereocenters. The SMILES string of the molecule is C[C@H](c1cc(Cl)ccc1Cl)N1CCCc2nnc(-c3noc(C4CCN(C)CC4)n3)cc21. The number of nitrogens with zero attached hydrogens (tertiary/aromatic N) is 6. The normalized spacial score (nSPS) is 18.6. The van der Waals surface area contributed by atoms with Gasteiger partial charge in [0.2, 0.25) is 11.7 Å². The standard InChI is InChI=1S/C23H26Cl2N6O/c1-14(17-12-16(24)5-6-18(17)25)31-9-3-4-19-21(31)13-20(28-27-19)22-26-23(32-29-22)15-7-10-30(2)11-8-15/h5-6,12-15H,3-4,7-11H2,1-2H3/t14-/m1/s1. The van der Waals surface area contributed by atoms with Crippen LogP contribution in [0, 0.1) is 0 Å². The van der Waals surface area contributed by atoms with Crippen molar-refractivity contribution in [3.8, 4) is 11.5 Å². The average Bonchev–Trinajstić information content (AvgIpc) is 3.30. The Labute approximate surface area is 197 Å². The van der Waals surface area contributed by atoms with Gasteiger partial charge in [0.25, 0.3) is 0 Å². The maximum atomic E-state index is 6.50. The van der Waals surface area contributed by atoms with Crippen molar-refractivity contribution < 1.29 is 4.52 Å². The summed E-state index contributed by atoms with van der Waals surface area (Å²) in [6.07, 6.45) is 3.95. The van der Waals surface area contributed by atoms with Crippen LogP contribution >= 0.6 is 23.2 Å². The minimum absolute atomic E-state index is 0.0392. The van der Waals surface area contributed by atoms with Crippen LogP contribution in [0.2, 0.25) is 10.0 Å². The third-order valence-corrected chi connectivity index (χ3v) is 7.16. The molecule has 32 heavy (non-hydrogen) atoms. The van der Waals surface area contributed by atoms with Crippen molar-refractivity contribution in [1.29, 1.82) is 0 Å². The molecule has 1 fully saturated rings. The van der Waals surface area contributed by atoms with Crippen molar-refractivity contribution in [3.63, 3.8) is 0 Å². The summed E-state index contributed by atoms with van der Waals surface area (Å²) < 4.78 is 5.62. The van der Waals surface area contributed by atoms with Crippen molar-refractivity contribution in [3.05, 3.63) is 51.5 Å². The van der Waals surface area contributed by atoms with E-state index in [9.17, 15) is 0 Å². The summed E-state index contributed by atoms with van der Waals surface area (Å²) in [6, 6.07) is 7.66. The Morgan fingerprint density at radius 3 is 2.72 bits per heavy atom. The van der Waals surface area contributed by atoms with Gasteiger partial charge < -0.3 is 14.3 Å². The van der Waals surface area contributed by atoms with E-state index in [0.29, 0.717) is 33.4 Å². The van der Waals surface area contributed by atoms with E-state index >= 15 is 0 Å². The van der Waals surface area contributed by atoms with Gasteiger partial charge >= 0.3 is 0 Å². The fourth-order valence-corrected chi connectivity index (χ4v) is 5.10. The molecule has 3 aromatic rings. The molecule has 0 N–H and O–H groups in total. The number of anilines is 1. The molecule has 2 aromatic heterocycles. The molecule has 1 aromatic carbocycles. The fourth-order valence-electron chi connectivity index (χ4n) is 4.65. The van der Waals surface area contributed by atoms with Crippen molar-refractivity contribution in [2.75, 3.05) is 31.6 Å². The van der Waals surface area contributed by atoms with Crippen LogP contribution in [-0.2, 0) is 6.42 Å². The number of likely N-dealkylation sites (tertiary alicyclic amines) is 1. The maximum absolute atomic E-state index is 6.50. The molecule has 1 saturated heterocycles. The molecule has 1 atom stereocenters. The zero-order valence-electron chi connectivity index (χ0n) is 18.3. The summed E-state index contributed by atoms with van der Waals surface area (Å²) in [4.78, 5) is 9.31. The summed E-state index contributed by atoms with van der Waals surface area (Å²) in [7, 11) is 2.14. The Hall–Kier alpha value is -2.22. The molecule has 4 heterocycles. The number of aromatic nitrogens is 4. The van der Waals surface area contributed by atoms with E-state index in [1.165, 1.54) is 0 Å². The lowest BCUT2D eigenvalue weighted by Crippen LogP contribution is -2.33. The lowest BCUT2D eigenvalue weighted by molar-refractivity contribution is 0.227. The number of hydrogen-bond acceptors (Lipinski definition) is 7. The Morgan fingerprint density at radius 2 is 1.91 bits per heavy atom. The molecule has 5 rings (SSSR count). The Kier molecular flexibility index (Phi) is 6.05. The highest BCUT2D eigenvalue weighted by molar-refractivity contribution is 6.33. The van der Waals surface area contributed by atoms with E-state index in [-0.39, 0.29) is 6.04 Å². The second-order valence-electron chi connectivity index (χ2n) is 8.73. The average molecular weight is 473 g/mol. The van der Waals surface area contributed by atoms with Crippen molar-refractivity contribution in [1.82, 2.24) is 25.2 Å². The molecule has 168 valence electrons. The van der Waals surface area contributed by atoms with E-state index in [1.54, 1.807) is 0 Å². The molecule has 0 radical (unpaired) electrons. The van der Waals surface area contributed by atoms with Crippen LogP contribution in [-0.4, -0.2) is 51.9 Å². The van der Waals surface area contributed by atoms with Crippen LogP contribution in [0.5, 0.6) is 0 Å². The Bertz CT molecular complexity index is 1110. The van der Waals surface area contributed by atoms with E-state index in [0.717, 1.165) is 62.3 Å². The van der Waals surface area contributed by atoms with Crippen molar-refractivity contribution in [2.45, 2.75) is 44.6 Å². The van der Waals surface area contributed by atoms with Gasteiger partial charge in [-0.05, 0) is 82.6 Å². The molecule has 0 amide bonds. The quantitative estimate of drug-likeness (QED) is 0.519. The molecule has 0 saturated carbocycles. The van der Waals surface area contributed by atoms with Crippen LogP contribution in [0.4, 0.5) is 5.69 Å². The molecular weight excluding hydrogens is 447 g/mol. The monoisotopic (exact) mass is 472 g/mol. The van der Waals surface area contributed by atoms with Gasteiger partial charge in [-0.2, -0.15) is 10.1 Å². The maximum Gasteiger partial charge on any atom is 0.230 e. The van der Waals surface area contributed by atoms with Crippen LogP contribution in [0.3, 0.4) is 0 Å². The molecule has 0 spiro atoms.